The summed E-state index contributed by atoms with van der Waals surface area (Å²) in [4.78, 5) is 0. The van der Waals surface area contributed by atoms with Gasteiger partial charge in [0.15, 0.2) is 0 Å². The van der Waals surface area contributed by atoms with Crippen molar-refractivity contribution in [3.8, 4) is 0 Å². The Balaban J connectivity index is 0.000000347. The minimum Gasteiger partial charge on any atom is -0.393 e. The van der Waals surface area contributed by atoms with Crippen LogP contribution >= 0.6 is 33.0 Å². The molecule has 4 N–H and O–H groups in total. The second-order valence-electron chi connectivity index (χ2n) is 29.9. The summed E-state index contributed by atoms with van der Waals surface area (Å²) in [5.74, 6) is 3.86. The largest absolute Gasteiger partial charge is 0.697 e. The lowest BCUT2D eigenvalue weighted by Crippen LogP contribution is -2.35. The molecule has 0 amide bonds. The summed E-state index contributed by atoms with van der Waals surface area (Å²) < 4.78 is 91.0. The van der Waals surface area contributed by atoms with Crippen LogP contribution in [0.1, 0.15) is 250 Å². The van der Waals surface area contributed by atoms with Gasteiger partial charge in [0.1, 0.15) is 50.8 Å². The first-order chi connectivity index (χ1) is 45.7. The fourth-order valence-corrected chi connectivity index (χ4v) is 19.2. The van der Waals surface area contributed by atoms with Crippen molar-refractivity contribution >= 4 is 33.0 Å². The van der Waals surface area contributed by atoms with E-state index in [2.05, 4.69) is 89.5 Å². The van der Waals surface area contributed by atoms with Crippen LogP contribution in [0, 0.1) is 58.2 Å². The Morgan fingerprint density at radius 1 is 0.479 bits per heavy atom. The summed E-state index contributed by atoms with van der Waals surface area (Å²) in [6.07, 6.45) is 39.7. The van der Waals surface area contributed by atoms with Gasteiger partial charge in [-0.25, -0.2) is 0 Å². The van der Waals surface area contributed by atoms with Crippen molar-refractivity contribution in [2.45, 2.75) is 299 Å². The number of hydrogen-bond donors (Lipinski definition) is 4. The standard InChI is InChI=1S/2C38H64O8P2/c1-25(2)43-47(41)45-28(6)13-16-31(17-14-29(7)46-48(42)44-26(3)4)15-12-27(5)35-20-21-36-32(11-10-22-38(35,36)9)18-19-33-23-34(39)24-37(40)30(33)8;1-6-23-43-47(41)45-25-10-8-13-31(14-9-11-26-46-48(42)44-24-7-2)17-16-29(3)35-20-21-36-32(15-12-22-38(35,36)5)18-19-33-27-34(39)28-37(40)30(33)4/h12,15,18-19,25-29,31,34-37,39-40H,8,10-11,13-14,16-17,20-24H2,1-7,9H3;16-19,29,31,34-37,39-40H,4,6-15,20-28H2,1-3,5H3/q2*+2/b15-12+,32-18+,33-19-;/t27-,28?,29?,31?,34-,35-,36?,37+,38-;29-,34?,35-,36?,37?,38-/m11/s1. The molecule has 6 aliphatic carbocycles. The molecule has 0 heterocycles. The summed E-state index contributed by atoms with van der Waals surface area (Å²) in [6.45, 7) is 34.9. The Bertz CT molecular complexity index is 2590. The highest BCUT2D eigenvalue weighted by Crippen LogP contribution is 2.61. The molecule has 0 aromatic carbocycles. The molecule has 544 valence electrons. The average molecular weight is 1420 g/mol. The maximum absolute atomic E-state index is 12.2. The van der Waals surface area contributed by atoms with Crippen LogP contribution in [0.25, 0.3) is 0 Å². The van der Waals surface area contributed by atoms with Gasteiger partial charge >= 0.3 is 33.0 Å². The molecule has 6 saturated carbocycles. The number of fused-ring (bicyclic) bond motifs is 2. The molecule has 6 aliphatic rings. The zero-order chi connectivity index (χ0) is 70.5. The fraction of sp³-hybridized carbons (Fsp3) is 0.789. The molecule has 0 aromatic heterocycles. The van der Waals surface area contributed by atoms with E-state index < -0.39 is 57.4 Å². The average Bonchev–Trinajstić information content (AvgIpc) is 1.59. The highest BCUT2D eigenvalue weighted by Gasteiger charge is 2.52. The molecular formula is C76H128O16P4+4. The van der Waals surface area contributed by atoms with Gasteiger partial charge in [0.05, 0.1) is 24.4 Å². The monoisotopic (exact) mass is 1420 g/mol. The van der Waals surface area contributed by atoms with Gasteiger partial charge < -0.3 is 20.4 Å². The quantitative estimate of drug-likeness (QED) is 0.0254. The number of aliphatic hydroxyl groups excluding tert-OH is 4. The summed E-state index contributed by atoms with van der Waals surface area (Å²) >= 11 is 0. The molecule has 18 atom stereocenters. The number of rotatable bonds is 40. The van der Waals surface area contributed by atoms with E-state index in [1.54, 1.807) is 0 Å². The third-order valence-corrected chi connectivity index (χ3v) is 25.2. The van der Waals surface area contributed by atoms with Crippen molar-refractivity contribution in [1.82, 2.24) is 0 Å². The summed E-state index contributed by atoms with van der Waals surface area (Å²) in [5, 5.41) is 41.0. The zero-order valence-electron chi connectivity index (χ0n) is 61.0. The van der Waals surface area contributed by atoms with Crippen LogP contribution in [0.4, 0.5) is 0 Å². The van der Waals surface area contributed by atoms with Crippen LogP contribution in [-0.4, -0.2) is 95.7 Å². The first-order valence-corrected chi connectivity index (χ1v) is 41.4. The molecule has 0 aromatic rings. The lowest BCUT2D eigenvalue weighted by Gasteiger charge is -2.44. The van der Waals surface area contributed by atoms with E-state index in [0.29, 0.717) is 93.5 Å². The van der Waals surface area contributed by atoms with Crippen molar-refractivity contribution in [3.63, 3.8) is 0 Å². The van der Waals surface area contributed by atoms with Crippen molar-refractivity contribution in [2.75, 3.05) is 26.4 Å². The van der Waals surface area contributed by atoms with Crippen molar-refractivity contribution in [1.29, 1.82) is 0 Å². The van der Waals surface area contributed by atoms with Crippen LogP contribution in [0.5, 0.6) is 0 Å². The summed E-state index contributed by atoms with van der Waals surface area (Å²) in [7, 11) is -8.36. The minimum absolute atomic E-state index is 0.157. The molecule has 0 spiro atoms. The normalized spacial score (nSPS) is 30.6. The molecule has 96 heavy (non-hydrogen) atoms. The Labute approximate surface area is 583 Å². The maximum atomic E-state index is 12.2. The second-order valence-corrected chi connectivity index (χ2v) is 33.5. The van der Waals surface area contributed by atoms with Crippen LogP contribution in [0.15, 0.2) is 95.2 Å². The van der Waals surface area contributed by atoms with Crippen LogP contribution in [0.2, 0.25) is 0 Å². The highest BCUT2D eigenvalue weighted by molar-refractivity contribution is 7.34. The minimum atomic E-state index is -2.15. The van der Waals surface area contributed by atoms with E-state index in [0.717, 1.165) is 112 Å². The fourth-order valence-electron chi connectivity index (χ4n) is 16.2. The summed E-state index contributed by atoms with van der Waals surface area (Å²) in [6, 6.07) is 0. The predicted octanol–water partition coefficient (Wildman–Crippen LogP) is 20.9. The van der Waals surface area contributed by atoms with E-state index in [4.69, 9.17) is 36.2 Å². The SMILES string of the molecule is C=C1/C(=C\C=C2/CCC[C@@]3(C)C2CC[C@@H]3[C@H](C)/C=C/C(CCC(C)O[P+](=O)OC(C)C)CCC(C)O[P+](=O)OC(C)C)C[C@@H](O)C[C@@H]1O.C=C1C(=CC=C2CCC[C@@]3(C)C2CC[C@@H]3[C@H](C)C=CC(CCCCO[P+](=O)OCCC)CCCCO[P+](=O)OCCC)CC(O)CC1O. The van der Waals surface area contributed by atoms with E-state index in [-0.39, 0.29) is 41.2 Å². The van der Waals surface area contributed by atoms with Gasteiger partial charge in [-0.1, -0.05) is 127 Å². The number of allylic oxidation sites excluding steroid dienone is 10. The first kappa shape index (κ1) is 84.5. The zero-order valence-corrected chi connectivity index (χ0v) is 64.5. The Kier molecular flexibility index (Phi) is 38.5. The van der Waals surface area contributed by atoms with E-state index in [1.807, 2.05) is 55.4 Å². The number of unbranched alkanes of at least 4 members (excludes halogenated alkanes) is 2. The van der Waals surface area contributed by atoms with Gasteiger partial charge in [-0.15, -0.1) is 36.2 Å². The molecule has 0 saturated heterocycles. The van der Waals surface area contributed by atoms with Crippen LogP contribution < -0.4 is 0 Å². The van der Waals surface area contributed by atoms with E-state index in [9.17, 15) is 38.7 Å². The Hall–Kier alpha value is -2.16. The van der Waals surface area contributed by atoms with Gasteiger partial charge in [0.2, 0.25) is 0 Å². The highest BCUT2D eigenvalue weighted by atomic mass is 31.1. The van der Waals surface area contributed by atoms with Crippen molar-refractivity contribution in [3.05, 3.63) is 95.2 Å². The van der Waals surface area contributed by atoms with E-state index >= 15 is 0 Å². The molecule has 0 radical (unpaired) electrons. The molecule has 6 fully saturated rings. The molecule has 0 aliphatic heterocycles. The predicted molar refractivity (Wildman–Crippen MR) is 388 cm³/mol. The first-order valence-electron chi connectivity index (χ1n) is 37.0. The molecule has 10 unspecified atom stereocenters. The molecule has 0 bridgehead atoms. The Morgan fingerprint density at radius 2 is 0.854 bits per heavy atom. The lowest BCUT2D eigenvalue weighted by atomic mass is 9.61. The van der Waals surface area contributed by atoms with Gasteiger partial charge in [-0.3, -0.25) is 0 Å². The maximum Gasteiger partial charge on any atom is 0.697 e. The van der Waals surface area contributed by atoms with Crippen molar-refractivity contribution < 1.29 is 74.9 Å². The lowest BCUT2D eigenvalue weighted by molar-refractivity contribution is 0.0855. The van der Waals surface area contributed by atoms with Gasteiger partial charge in [-0.2, -0.15) is 0 Å². The second kappa shape index (κ2) is 43.7. The molecule has 20 heteroatoms. The van der Waals surface area contributed by atoms with Gasteiger partial charge in [0.25, 0.3) is 0 Å². The third kappa shape index (κ3) is 28.2. The molecule has 16 nitrogen and oxygen atoms in total. The van der Waals surface area contributed by atoms with E-state index in [1.165, 1.54) is 62.5 Å². The van der Waals surface area contributed by atoms with Gasteiger partial charge in [-0.05, 0) is 263 Å². The van der Waals surface area contributed by atoms with Gasteiger partial charge in [0, 0.05) is 31.1 Å². The topological polar surface area (TPSA) is 223 Å². The molecule has 6 rings (SSSR count). The smallest absolute Gasteiger partial charge is 0.393 e. The number of hydrogen-bond acceptors (Lipinski definition) is 16. The van der Waals surface area contributed by atoms with Crippen LogP contribution in [0.3, 0.4) is 0 Å². The third-order valence-electron chi connectivity index (χ3n) is 21.4. The summed E-state index contributed by atoms with van der Waals surface area (Å²) in [5.41, 5.74) is 6.93. The number of aliphatic hydroxyl groups is 4. The van der Waals surface area contributed by atoms with Crippen LogP contribution in [-0.2, 0) is 54.5 Å². The molecular weight excluding hydrogens is 1290 g/mol. The van der Waals surface area contributed by atoms with Crippen molar-refractivity contribution in [2.24, 2.45) is 58.2 Å². The Morgan fingerprint density at radius 3 is 1.23 bits per heavy atom.